The topological polar surface area (TPSA) is 69.0 Å². The van der Waals surface area contributed by atoms with Crippen molar-refractivity contribution in [2.24, 2.45) is 0 Å². The van der Waals surface area contributed by atoms with Crippen LogP contribution in [0.5, 0.6) is 0 Å². The van der Waals surface area contributed by atoms with Crippen molar-refractivity contribution in [3.8, 4) is 11.4 Å². The lowest BCUT2D eigenvalue weighted by molar-refractivity contribution is 0.121. The molecule has 0 unspecified atom stereocenters. The van der Waals surface area contributed by atoms with Crippen LogP contribution >= 0.6 is 23.1 Å². The van der Waals surface area contributed by atoms with Crippen molar-refractivity contribution in [2.75, 3.05) is 31.2 Å². The van der Waals surface area contributed by atoms with E-state index in [1.54, 1.807) is 23.1 Å². The molecule has 4 heterocycles. The highest BCUT2D eigenvalue weighted by Crippen LogP contribution is 2.43. The summed E-state index contributed by atoms with van der Waals surface area (Å²) in [5.41, 5.74) is 1.99. The molecule has 1 aliphatic heterocycles. The molecule has 0 radical (unpaired) electrons. The van der Waals surface area contributed by atoms with Gasteiger partial charge in [0.1, 0.15) is 5.03 Å². The van der Waals surface area contributed by atoms with Crippen molar-refractivity contribution >= 4 is 39.9 Å². The summed E-state index contributed by atoms with van der Waals surface area (Å²) in [5.74, 6) is 1.71. The number of ether oxygens (including phenoxy) is 1. The molecule has 7 nitrogen and oxygen atoms in total. The van der Waals surface area contributed by atoms with E-state index >= 15 is 0 Å². The Morgan fingerprint density at radius 3 is 2.70 bits per heavy atom. The zero-order chi connectivity index (χ0) is 19.9. The monoisotopic (exact) mass is 436 g/mol. The van der Waals surface area contributed by atoms with Gasteiger partial charge in [-0.1, -0.05) is 18.2 Å². The van der Waals surface area contributed by atoms with Crippen LogP contribution in [0.4, 0.5) is 5.95 Å². The van der Waals surface area contributed by atoms with Gasteiger partial charge in [-0.3, -0.25) is 4.57 Å². The molecule has 9 heteroatoms. The molecule has 152 valence electrons. The first-order valence-corrected chi connectivity index (χ1v) is 11.9. The van der Waals surface area contributed by atoms with Crippen LogP contribution in [0.15, 0.2) is 51.3 Å². The summed E-state index contributed by atoms with van der Waals surface area (Å²) in [6.07, 6.45) is 2.35. The van der Waals surface area contributed by atoms with E-state index in [-0.39, 0.29) is 0 Å². The molecule has 0 amide bonds. The normalized spacial score (nSPS) is 17.0. The number of morpholine rings is 1. The lowest BCUT2D eigenvalue weighted by atomic mass is 10.2. The van der Waals surface area contributed by atoms with E-state index in [9.17, 15) is 0 Å². The van der Waals surface area contributed by atoms with Crippen LogP contribution in [-0.4, -0.2) is 51.0 Å². The van der Waals surface area contributed by atoms with Crippen LogP contribution in [0.2, 0.25) is 0 Å². The molecular weight excluding hydrogens is 416 g/mol. The fourth-order valence-corrected chi connectivity index (χ4v) is 5.34. The number of hydrogen-bond acceptors (Lipinski definition) is 8. The predicted molar refractivity (Wildman–Crippen MR) is 118 cm³/mol. The standard InChI is InChI=1S/C21H20N6OS2/c1-2-4-17-16(3-1)19(23-18(22-17)14-7-12-29-13-14)30-21-25-24-20(27(21)15-5-6-15)26-8-10-28-11-9-26/h1-4,7,12-13,15H,5-6,8-11H2. The fraction of sp³-hybridized carbons (Fsp3) is 0.333. The number of thiophene rings is 1. The highest BCUT2D eigenvalue weighted by Gasteiger charge is 2.32. The number of rotatable bonds is 5. The van der Waals surface area contributed by atoms with Crippen LogP contribution in [0, 0.1) is 0 Å². The molecule has 2 aliphatic rings. The summed E-state index contributed by atoms with van der Waals surface area (Å²) in [7, 11) is 0. The van der Waals surface area contributed by atoms with Crippen LogP contribution in [0.1, 0.15) is 18.9 Å². The quantitative estimate of drug-likeness (QED) is 0.433. The minimum Gasteiger partial charge on any atom is -0.378 e. The van der Waals surface area contributed by atoms with E-state index in [2.05, 4.69) is 42.6 Å². The average Bonchev–Trinajstić information content (AvgIpc) is 3.31. The van der Waals surface area contributed by atoms with E-state index in [0.717, 1.165) is 64.7 Å². The second-order valence-electron chi connectivity index (χ2n) is 7.47. The van der Waals surface area contributed by atoms with Gasteiger partial charge in [-0.15, -0.1) is 10.2 Å². The molecule has 30 heavy (non-hydrogen) atoms. The highest BCUT2D eigenvalue weighted by atomic mass is 32.2. The number of hydrogen-bond donors (Lipinski definition) is 0. The Labute approximate surface area is 182 Å². The van der Waals surface area contributed by atoms with Crippen molar-refractivity contribution in [3.05, 3.63) is 41.1 Å². The first-order valence-electron chi connectivity index (χ1n) is 10.1. The van der Waals surface area contributed by atoms with Gasteiger partial charge < -0.3 is 9.64 Å². The van der Waals surface area contributed by atoms with Gasteiger partial charge in [-0.05, 0) is 42.1 Å². The summed E-state index contributed by atoms with van der Waals surface area (Å²) in [6.45, 7) is 3.18. The lowest BCUT2D eigenvalue weighted by Crippen LogP contribution is -2.38. The Balaban J connectivity index is 1.43. The third-order valence-corrected chi connectivity index (χ3v) is 7.04. The van der Waals surface area contributed by atoms with Crippen molar-refractivity contribution in [3.63, 3.8) is 0 Å². The summed E-state index contributed by atoms with van der Waals surface area (Å²) in [5, 5.41) is 16.2. The van der Waals surface area contributed by atoms with E-state index < -0.39 is 0 Å². The number of nitrogens with zero attached hydrogens (tertiary/aromatic N) is 6. The van der Waals surface area contributed by atoms with Gasteiger partial charge in [0.15, 0.2) is 11.0 Å². The van der Waals surface area contributed by atoms with E-state index in [4.69, 9.17) is 14.7 Å². The summed E-state index contributed by atoms with van der Waals surface area (Å²) in [4.78, 5) is 12.0. The summed E-state index contributed by atoms with van der Waals surface area (Å²) >= 11 is 3.25. The molecular formula is C21H20N6OS2. The maximum absolute atomic E-state index is 5.52. The van der Waals surface area contributed by atoms with Gasteiger partial charge in [0.25, 0.3) is 0 Å². The minimum atomic E-state index is 0.477. The molecule has 1 saturated heterocycles. The number of para-hydroxylation sites is 1. The van der Waals surface area contributed by atoms with E-state index in [1.807, 2.05) is 18.2 Å². The second kappa shape index (κ2) is 7.64. The second-order valence-corrected chi connectivity index (χ2v) is 9.20. The highest BCUT2D eigenvalue weighted by molar-refractivity contribution is 7.99. The number of aromatic nitrogens is 5. The number of anilines is 1. The fourth-order valence-electron chi connectivity index (χ4n) is 3.70. The van der Waals surface area contributed by atoms with Crippen molar-refractivity contribution in [1.82, 2.24) is 24.7 Å². The van der Waals surface area contributed by atoms with Gasteiger partial charge in [0, 0.05) is 35.5 Å². The first kappa shape index (κ1) is 18.3. The van der Waals surface area contributed by atoms with E-state index in [1.165, 1.54) is 12.8 Å². The van der Waals surface area contributed by atoms with Crippen molar-refractivity contribution in [2.45, 2.75) is 29.1 Å². The SMILES string of the molecule is c1ccc2c(Sc3nnc(N4CCOCC4)n3C3CC3)nc(-c3ccsc3)nc2c1. The zero-order valence-electron chi connectivity index (χ0n) is 16.3. The van der Waals surface area contributed by atoms with Crippen LogP contribution in [0.25, 0.3) is 22.3 Å². The lowest BCUT2D eigenvalue weighted by Gasteiger charge is -2.27. The molecule has 6 rings (SSSR count). The molecule has 1 aliphatic carbocycles. The largest absolute Gasteiger partial charge is 0.378 e. The number of fused-ring (bicyclic) bond motifs is 1. The van der Waals surface area contributed by atoms with Gasteiger partial charge in [0.2, 0.25) is 5.95 Å². The first-order chi connectivity index (χ1) is 14.9. The van der Waals surface area contributed by atoms with Crippen LogP contribution < -0.4 is 4.90 Å². The molecule has 2 fully saturated rings. The molecule has 1 saturated carbocycles. The summed E-state index contributed by atoms with van der Waals surface area (Å²) < 4.78 is 7.82. The van der Waals surface area contributed by atoms with Gasteiger partial charge in [-0.2, -0.15) is 11.3 Å². The molecule has 0 bridgehead atoms. The van der Waals surface area contributed by atoms with Gasteiger partial charge in [-0.25, -0.2) is 9.97 Å². The van der Waals surface area contributed by atoms with E-state index in [0.29, 0.717) is 6.04 Å². The van der Waals surface area contributed by atoms with Crippen LogP contribution in [0.3, 0.4) is 0 Å². The third-order valence-electron chi connectivity index (χ3n) is 5.39. The maximum Gasteiger partial charge on any atom is 0.228 e. The molecule has 0 atom stereocenters. The van der Waals surface area contributed by atoms with Crippen LogP contribution in [-0.2, 0) is 4.74 Å². The average molecular weight is 437 g/mol. The van der Waals surface area contributed by atoms with Gasteiger partial charge >= 0.3 is 0 Å². The molecule has 1 aromatic carbocycles. The molecule has 4 aromatic rings. The Kier molecular flexibility index (Phi) is 4.66. The third kappa shape index (κ3) is 3.36. The Bertz CT molecular complexity index is 1180. The maximum atomic E-state index is 5.52. The Hall–Kier alpha value is -2.49. The van der Waals surface area contributed by atoms with Gasteiger partial charge in [0.05, 0.1) is 18.7 Å². The molecule has 0 spiro atoms. The number of benzene rings is 1. The predicted octanol–water partition coefficient (Wildman–Crippen LogP) is 4.27. The Morgan fingerprint density at radius 1 is 1.03 bits per heavy atom. The Morgan fingerprint density at radius 2 is 1.90 bits per heavy atom. The van der Waals surface area contributed by atoms with Crippen molar-refractivity contribution in [1.29, 1.82) is 0 Å². The molecule has 3 aromatic heterocycles. The zero-order valence-corrected chi connectivity index (χ0v) is 17.9. The van der Waals surface area contributed by atoms with Crippen molar-refractivity contribution < 1.29 is 4.74 Å². The summed E-state index contributed by atoms with van der Waals surface area (Å²) in [6, 6.07) is 10.7. The molecule has 0 N–H and O–H groups in total. The smallest absolute Gasteiger partial charge is 0.228 e. The minimum absolute atomic E-state index is 0.477.